The summed E-state index contributed by atoms with van der Waals surface area (Å²) in [5, 5.41) is 13.4. The van der Waals surface area contributed by atoms with Crippen LogP contribution in [0.2, 0.25) is 0 Å². The second-order valence-corrected chi connectivity index (χ2v) is 4.71. The van der Waals surface area contributed by atoms with Gasteiger partial charge in [-0.3, -0.25) is 4.79 Å². The average molecular weight is 260 g/mol. The number of benzene rings is 1. The maximum absolute atomic E-state index is 12.0. The topological polar surface area (TPSA) is 79.9 Å². The Hall–Kier alpha value is -1.95. The molecular weight excluding hydrogens is 244 g/mol. The van der Waals surface area contributed by atoms with Crippen molar-refractivity contribution in [2.45, 2.75) is 25.4 Å². The molecule has 1 saturated heterocycles. The molecule has 1 aromatic carbocycles. The highest BCUT2D eigenvalue weighted by Gasteiger charge is 2.15. The Balaban J connectivity index is 1.56. The molecule has 1 aliphatic heterocycles. The fourth-order valence-electron chi connectivity index (χ4n) is 2.30. The highest BCUT2D eigenvalue weighted by atomic mass is 16.5. The third-order valence-electron chi connectivity index (χ3n) is 3.35. The number of ether oxygens (including phenoxy) is 1. The van der Waals surface area contributed by atoms with Gasteiger partial charge in [0.25, 0.3) is 5.91 Å². The van der Waals surface area contributed by atoms with Crippen LogP contribution in [0, 0.1) is 0 Å². The minimum atomic E-state index is -0.0807. The van der Waals surface area contributed by atoms with Gasteiger partial charge in [0.1, 0.15) is 11.0 Å². The van der Waals surface area contributed by atoms with Gasteiger partial charge in [-0.1, -0.05) is 0 Å². The van der Waals surface area contributed by atoms with Gasteiger partial charge >= 0.3 is 0 Å². The highest BCUT2D eigenvalue weighted by Crippen LogP contribution is 2.14. The van der Waals surface area contributed by atoms with E-state index in [2.05, 4.69) is 20.7 Å². The van der Waals surface area contributed by atoms with Gasteiger partial charge < -0.3 is 10.1 Å². The zero-order valence-electron chi connectivity index (χ0n) is 10.6. The first-order valence-corrected chi connectivity index (χ1v) is 6.53. The van der Waals surface area contributed by atoms with Crippen LogP contribution in [0.1, 0.15) is 29.6 Å². The van der Waals surface area contributed by atoms with E-state index in [9.17, 15) is 4.79 Å². The van der Waals surface area contributed by atoms with Crippen LogP contribution in [-0.4, -0.2) is 40.6 Å². The van der Waals surface area contributed by atoms with E-state index in [1.807, 2.05) is 0 Å². The molecule has 19 heavy (non-hydrogen) atoms. The first-order valence-electron chi connectivity index (χ1n) is 6.53. The van der Waals surface area contributed by atoms with E-state index < -0.39 is 0 Å². The molecule has 2 aromatic rings. The van der Waals surface area contributed by atoms with Crippen molar-refractivity contribution in [1.29, 1.82) is 0 Å². The molecule has 0 spiro atoms. The SMILES string of the molecule is O=C(NCC[C@H]1CCCO1)c1ccc2n[nH]nc2c1. The number of nitrogens with zero attached hydrogens (tertiary/aromatic N) is 2. The number of hydrogen-bond acceptors (Lipinski definition) is 4. The Morgan fingerprint density at radius 2 is 2.32 bits per heavy atom. The number of amides is 1. The smallest absolute Gasteiger partial charge is 0.251 e. The van der Waals surface area contributed by atoms with Gasteiger partial charge in [0, 0.05) is 18.7 Å². The zero-order valence-corrected chi connectivity index (χ0v) is 10.6. The Morgan fingerprint density at radius 1 is 1.42 bits per heavy atom. The predicted molar refractivity (Wildman–Crippen MR) is 69.8 cm³/mol. The van der Waals surface area contributed by atoms with Gasteiger partial charge in [-0.25, -0.2) is 0 Å². The molecule has 1 atom stereocenters. The van der Waals surface area contributed by atoms with Crippen molar-refractivity contribution in [2.75, 3.05) is 13.2 Å². The molecule has 1 aromatic heterocycles. The van der Waals surface area contributed by atoms with Crippen molar-refractivity contribution in [3.05, 3.63) is 23.8 Å². The number of carbonyl (C=O) groups is 1. The molecule has 2 heterocycles. The Bertz CT molecular complexity index is 575. The Morgan fingerprint density at radius 3 is 3.16 bits per heavy atom. The predicted octanol–water partition coefficient (Wildman–Crippen LogP) is 1.26. The third-order valence-corrected chi connectivity index (χ3v) is 3.35. The molecule has 6 heteroatoms. The average Bonchev–Trinajstić information content (AvgIpc) is 3.08. The van der Waals surface area contributed by atoms with E-state index in [1.165, 1.54) is 0 Å². The van der Waals surface area contributed by atoms with Crippen LogP contribution in [0.4, 0.5) is 0 Å². The molecule has 0 aliphatic carbocycles. The summed E-state index contributed by atoms with van der Waals surface area (Å²) in [6.45, 7) is 1.49. The number of aromatic nitrogens is 3. The summed E-state index contributed by atoms with van der Waals surface area (Å²) in [6, 6.07) is 5.28. The lowest BCUT2D eigenvalue weighted by atomic mass is 10.1. The van der Waals surface area contributed by atoms with E-state index in [0.717, 1.165) is 31.4 Å². The number of carbonyl (C=O) groups excluding carboxylic acids is 1. The summed E-state index contributed by atoms with van der Waals surface area (Å²) in [5.74, 6) is -0.0807. The first kappa shape index (κ1) is 12.1. The van der Waals surface area contributed by atoms with Crippen LogP contribution < -0.4 is 5.32 Å². The minimum Gasteiger partial charge on any atom is -0.378 e. The molecule has 0 bridgehead atoms. The Kier molecular flexibility index (Phi) is 3.41. The van der Waals surface area contributed by atoms with Crippen molar-refractivity contribution in [3.63, 3.8) is 0 Å². The Labute approximate surface area is 110 Å². The van der Waals surface area contributed by atoms with Crippen LogP contribution in [0.5, 0.6) is 0 Å². The maximum Gasteiger partial charge on any atom is 0.251 e. The highest BCUT2D eigenvalue weighted by molar-refractivity contribution is 5.97. The molecule has 2 N–H and O–H groups in total. The lowest BCUT2D eigenvalue weighted by molar-refractivity contribution is 0.0907. The molecular formula is C13H16N4O2. The number of aromatic amines is 1. The molecule has 100 valence electrons. The lowest BCUT2D eigenvalue weighted by Gasteiger charge is -2.10. The summed E-state index contributed by atoms with van der Waals surface area (Å²) in [5.41, 5.74) is 2.07. The summed E-state index contributed by atoms with van der Waals surface area (Å²) >= 11 is 0. The fourth-order valence-corrected chi connectivity index (χ4v) is 2.30. The van der Waals surface area contributed by atoms with Gasteiger partial charge in [0.05, 0.1) is 6.10 Å². The summed E-state index contributed by atoms with van der Waals surface area (Å²) in [7, 11) is 0. The van der Waals surface area contributed by atoms with E-state index in [0.29, 0.717) is 23.7 Å². The lowest BCUT2D eigenvalue weighted by Crippen LogP contribution is -2.26. The zero-order chi connectivity index (χ0) is 13.1. The monoisotopic (exact) mass is 260 g/mol. The summed E-state index contributed by atoms with van der Waals surface area (Å²) in [6.07, 6.45) is 3.40. The van der Waals surface area contributed by atoms with E-state index in [4.69, 9.17) is 4.74 Å². The van der Waals surface area contributed by atoms with E-state index >= 15 is 0 Å². The van der Waals surface area contributed by atoms with Crippen molar-refractivity contribution < 1.29 is 9.53 Å². The summed E-state index contributed by atoms with van der Waals surface area (Å²) < 4.78 is 5.51. The number of rotatable bonds is 4. The standard InChI is InChI=1S/C13H16N4O2/c18-13(14-6-5-10-2-1-7-19-10)9-3-4-11-12(8-9)16-17-15-11/h3-4,8,10H,1-2,5-7H2,(H,14,18)(H,15,16,17)/t10-/m1/s1. The molecule has 1 aliphatic rings. The van der Waals surface area contributed by atoms with Crippen LogP contribution in [0.15, 0.2) is 18.2 Å². The maximum atomic E-state index is 12.0. The molecule has 1 amide bonds. The molecule has 0 radical (unpaired) electrons. The van der Waals surface area contributed by atoms with Gasteiger partial charge in [0.2, 0.25) is 0 Å². The molecule has 3 rings (SSSR count). The quantitative estimate of drug-likeness (QED) is 0.867. The second-order valence-electron chi connectivity index (χ2n) is 4.71. The summed E-state index contributed by atoms with van der Waals surface area (Å²) in [4.78, 5) is 12.0. The van der Waals surface area contributed by atoms with E-state index in [1.54, 1.807) is 18.2 Å². The third kappa shape index (κ3) is 2.73. The largest absolute Gasteiger partial charge is 0.378 e. The number of nitrogens with one attached hydrogen (secondary N) is 2. The van der Waals surface area contributed by atoms with Crippen LogP contribution in [0.25, 0.3) is 11.0 Å². The molecule has 0 saturated carbocycles. The van der Waals surface area contributed by atoms with Gasteiger partial charge in [-0.05, 0) is 37.5 Å². The van der Waals surface area contributed by atoms with Crippen LogP contribution in [-0.2, 0) is 4.74 Å². The minimum absolute atomic E-state index is 0.0807. The first-order chi connectivity index (χ1) is 9.33. The fraction of sp³-hybridized carbons (Fsp3) is 0.462. The van der Waals surface area contributed by atoms with Crippen molar-refractivity contribution in [3.8, 4) is 0 Å². The van der Waals surface area contributed by atoms with Crippen molar-refractivity contribution in [1.82, 2.24) is 20.7 Å². The van der Waals surface area contributed by atoms with Crippen molar-refractivity contribution in [2.24, 2.45) is 0 Å². The van der Waals surface area contributed by atoms with E-state index in [-0.39, 0.29) is 5.91 Å². The number of fused-ring (bicyclic) bond motifs is 1. The van der Waals surface area contributed by atoms with Gasteiger partial charge in [-0.2, -0.15) is 15.4 Å². The molecule has 6 nitrogen and oxygen atoms in total. The van der Waals surface area contributed by atoms with Crippen LogP contribution >= 0.6 is 0 Å². The number of hydrogen-bond donors (Lipinski definition) is 2. The van der Waals surface area contributed by atoms with Crippen molar-refractivity contribution >= 4 is 16.9 Å². The van der Waals surface area contributed by atoms with Gasteiger partial charge in [0.15, 0.2) is 0 Å². The second kappa shape index (κ2) is 5.36. The number of H-pyrrole nitrogens is 1. The normalized spacial score (nSPS) is 18.8. The van der Waals surface area contributed by atoms with Crippen LogP contribution in [0.3, 0.4) is 0 Å². The molecule has 0 unspecified atom stereocenters. The van der Waals surface area contributed by atoms with Gasteiger partial charge in [-0.15, -0.1) is 0 Å². The molecule has 1 fully saturated rings.